The van der Waals surface area contributed by atoms with Gasteiger partial charge in [-0.3, -0.25) is 4.79 Å². The summed E-state index contributed by atoms with van der Waals surface area (Å²) in [7, 11) is 0. The van der Waals surface area contributed by atoms with Gasteiger partial charge in [-0.25, -0.2) is 4.39 Å². The van der Waals surface area contributed by atoms with Crippen molar-refractivity contribution < 1.29 is 13.7 Å². The van der Waals surface area contributed by atoms with Crippen LogP contribution < -0.4 is 5.32 Å². The Balaban J connectivity index is 1.45. The molecule has 0 saturated carbocycles. The molecule has 134 valence electrons. The van der Waals surface area contributed by atoms with Crippen molar-refractivity contribution in [2.45, 2.75) is 19.3 Å². The zero-order valence-corrected chi connectivity index (χ0v) is 14.7. The smallest absolute Gasteiger partial charge is 0.227 e. The fourth-order valence-electron chi connectivity index (χ4n) is 2.46. The number of hydrogen-bond acceptors (Lipinski definition) is 4. The number of halogens is 2. The molecule has 1 aromatic heterocycles. The highest BCUT2D eigenvalue weighted by atomic mass is 35.5. The molecule has 0 fully saturated rings. The first-order valence-electron chi connectivity index (χ1n) is 8.20. The van der Waals surface area contributed by atoms with Crippen LogP contribution in [0.4, 0.5) is 4.39 Å². The summed E-state index contributed by atoms with van der Waals surface area (Å²) in [6.07, 6.45) is 1.21. The van der Waals surface area contributed by atoms with Crippen LogP contribution in [-0.2, 0) is 17.6 Å². The number of carbonyl (C=O) groups is 1. The molecule has 0 spiro atoms. The van der Waals surface area contributed by atoms with Gasteiger partial charge in [0, 0.05) is 24.4 Å². The third-order valence-corrected chi connectivity index (χ3v) is 4.01. The lowest BCUT2D eigenvalue weighted by atomic mass is 10.1. The minimum atomic E-state index is -0.418. The highest BCUT2D eigenvalue weighted by molar-refractivity contribution is 6.30. The van der Waals surface area contributed by atoms with Crippen molar-refractivity contribution >= 4 is 17.5 Å². The van der Waals surface area contributed by atoms with Gasteiger partial charge in [-0.2, -0.15) is 4.98 Å². The van der Waals surface area contributed by atoms with Gasteiger partial charge < -0.3 is 9.84 Å². The van der Waals surface area contributed by atoms with Gasteiger partial charge in [-0.1, -0.05) is 41.0 Å². The Morgan fingerprint density at radius 1 is 1.15 bits per heavy atom. The first kappa shape index (κ1) is 18.1. The normalized spacial score (nSPS) is 10.7. The van der Waals surface area contributed by atoms with Gasteiger partial charge in [0.05, 0.1) is 5.56 Å². The molecule has 1 heterocycles. The van der Waals surface area contributed by atoms with E-state index in [4.69, 9.17) is 16.1 Å². The van der Waals surface area contributed by atoms with Gasteiger partial charge in [-0.05, 0) is 36.2 Å². The van der Waals surface area contributed by atoms with Crippen LogP contribution in [-0.4, -0.2) is 22.6 Å². The van der Waals surface area contributed by atoms with Crippen molar-refractivity contribution in [3.05, 3.63) is 70.8 Å². The molecule has 2 aromatic carbocycles. The highest BCUT2D eigenvalue weighted by Crippen LogP contribution is 2.19. The molecule has 0 atom stereocenters. The van der Waals surface area contributed by atoms with Crippen molar-refractivity contribution in [2.24, 2.45) is 0 Å². The van der Waals surface area contributed by atoms with Crippen LogP contribution in [0.15, 0.2) is 53.1 Å². The Morgan fingerprint density at radius 2 is 2.00 bits per heavy atom. The number of nitrogens with one attached hydrogen (secondary N) is 1. The molecule has 26 heavy (non-hydrogen) atoms. The number of nitrogens with zero attached hydrogens (tertiary/aromatic N) is 2. The number of hydrogen-bond donors (Lipinski definition) is 1. The molecule has 0 aliphatic carbocycles. The van der Waals surface area contributed by atoms with Crippen LogP contribution in [0.2, 0.25) is 5.02 Å². The van der Waals surface area contributed by atoms with Crippen molar-refractivity contribution in [3.8, 4) is 11.4 Å². The second-order valence-corrected chi connectivity index (χ2v) is 6.16. The SMILES string of the molecule is O=C(CCc1nc(-c2ccccc2F)no1)NCCc1cccc(Cl)c1. The van der Waals surface area contributed by atoms with E-state index in [0.717, 1.165) is 5.56 Å². The lowest BCUT2D eigenvalue weighted by Crippen LogP contribution is -2.25. The molecule has 3 aromatic rings. The van der Waals surface area contributed by atoms with E-state index < -0.39 is 5.82 Å². The lowest BCUT2D eigenvalue weighted by molar-refractivity contribution is -0.121. The number of aromatic nitrogens is 2. The first-order chi connectivity index (χ1) is 12.6. The van der Waals surface area contributed by atoms with Crippen LogP contribution in [0.25, 0.3) is 11.4 Å². The second kappa shape index (κ2) is 8.58. The number of rotatable bonds is 7. The molecular weight excluding hydrogens is 357 g/mol. The topological polar surface area (TPSA) is 68.0 Å². The largest absolute Gasteiger partial charge is 0.356 e. The summed E-state index contributed by atoms with van der Waals surface area (Å²) in [6.45, 7) is 0.517. The van der Waals surface area contributed by atoms with E-state index in [9.17, 15) is 9.18 Å². The van der Waals surface area contributed by atoms with E-state index in [0.29, 0.717) is 30.3 Å². The Labute approximate surface area is 155 Å². The number of amides is 1. The summed E-state index contributed by atoms with van der Waals surface area (Å²) in [5.41, 5.74) is 1.33. The second-order valence-electron chi connectivity index (χ2n) is 5.72. The molecule has 0 aliphatic heterocycles. The van der Waals surface area contributed by atoms with E-state index in [1.807, 2.05) is 24.3 Å². The van der Waals surface area contributed by atoms with Crippen LogP contribution in [0, 0.1) is 5.82 Å². The Kier molecular flexibility index (Phi) is 5.96. The summed E-state index contributed by atoms with van der Waals surface area (Å²) >= 11 is 5.93. The number of benzene rings is 2. The zero-order chi connectivity index (χ0) is 18.4. The van der Waals surface area contributed by atoms with Gasteiger partial charge >= 0.3 is 0 Å². The lowest BCUT2D eigenvalue weighted by Gasteiger charge is -2.04. The van der Waals surface area contributed by atoms with Gasteiger partial charge in [0.25, 0.3) is 0 Å². The predicted octanol–water partition coefficient (Wildman–Crippen LogP) is 3.82. The monoisotopic (exact) mass is 373 g/mol. The average molecular weight is 374 g/mol. The van der Waals surface area contributed by atoms with Crippen LogP contribution in [0.1, 0.15) is 17.9 Å². The number of carbonyl (C=O) groups excluding carboxylic acids is 1. The summed E-state index contributed by atoms with van der Waals surface area (Å²) < 4.78 is 18.8. The molecule has 0 aliphatic rings. The average Bonchev–Trinajstić information content (AvgIpc) is 3.09. The van der Waals surface area contributed by atoms with Crippen LogP contribution >= 0.6 is 11.6 Å². The molecule has 7 heteroatoms. The Morgan fingerprint density at radius 3 is 2.81 bits per heavy atom. The summed E-state index contributed by atoms with van der Waals surface area (Å²) in [4.78, 5) is 16.1. The van der Waals surface area contributed by atoms with Gasteiger partial charge in [0.2, 0.25) is 17.6 Å². The van der Waals surface area contributed by atoms with Crippen molar-refractivity contribution in [1.82, 2.24) is 15.5 Å². The van der Waals surface area contributed by atoms with Gasteiger partial charge in [-0.15, -0.1) is 0 Å². The standard InChI is InChI=1S/C19H17ClFN3O2/c20-14-5-3-4-13(12-14)10-11-22-17(25)8-9-18-23-19(24-26-18)15-6-1-2-7-16(15)21/h1-7,12H,8-11H2,(H,22,25). The fourth-order valence-corrected chi connectivity index (χ4v) is 2.67. The summed E-state index contributed by atoms with van der Waals surface area (Å²) in [6, 6.07) is 13.7. The van der Waals surface area contributed by atoms with Crippen LogP contribution in [0.3, 0.4) is 0 Å². The van der Waals surface area contributed by atoms with E-state index in [1.54, 1.807) is 18.2 Å². The van der Waals surface area contributed by atoms with Gasteiger partial charge in [0.15, 0.2) is 0 Å². The number of aryl methyl sites for hydroxylation is 1. The molecule has 3 rings (SSSR count). The first-order valence-corrected chi connectivity index (χ1v) is 8.58. The molecule has 0 saturated heterocycles. The molecular formula is C19H17ClFN3O2. The quantitative estimate of drug-likeness (QED) is 0.683. The Hall–Kier alpha value is -2.73. The maximum absolute atomic E-state index is 13.7. The van der Waals surface area contributed by atoms with E-state index in [-0.39, 0.29) is 23.7 Å². The maximum Gasteiger partial charge on any atom is 0.227 e. The fraction of sp³-hybridized carbons (Fsp3) is 0.211. The highest BCUT2D eigenvalue weighted by Gasteiger charge is 2.13. The molecule has 1 amide bonds. The molecule has 5 nitrogen and oxygen atoms in total. The molecule has 1 N–H and O–H groups in total. The van der Waals surface area contributed by atoms with Crippen molar-refractivity contribution in [2.75, 3.05) is 6.54 Å². The van der Waals surface area contributed by atoms with Gasteiger partial charge in [0.1, 0.15) is 5.82 Å². The predicted molar refractivity (Wildman–Crippen MR) is 96.2 cm³/mol. The van der Waals surface area contributed by atoms with E-state index in [1.165, 1.54) is 6.07 Å². The van der Waals surface area contributed by atoms with E-state index >= 15 is 0 Å². The third-order valence-electron chi connectivity index (χ3n) is 3.77. The van der Waals surface area contributed by atoms with Crippen LogP contribution in [0.5, 0.6) is 0 Å². The summed E-state index contributed by atoms with van der Waals surface area (Å²) in [5.74, 6) is -0.0519. The molecule has 0 bridgehead atoms. The van der Waals surface area contributed by atoms with Crippen molar-refractivity contribution in [1.29, 1.82) is 0 Å². The maximum atomic E-state index is 13.7. The molecule has 0 unspecified atom stereocenters. The van der Waals surface area contributed by atoms with Crippen molar-refractivity contribution in [3.63, 3.8) is 0 Å². The Bertz CT molecular complexity index is 898. The minimum Gasteiger partial charge on any atom is -0.356 e. The zero-order valence-electron chi connectivity index (χ0n) is 13.9. The van der Waals surface area contributed by atoms with E-state index in [2.05, 4.69) is 15.5 Å². The minimum absolute atomic E-state index is 0.113. The molecule has 0 radical (unpaired) electrons. The summed E-state index contributed by atoms with van der Waals surface area (Å²) in [5, 5.41) is 7.28. The third kappa shape index (κ3) is 4.89.